The molecule has 2 aliphatic heterocycles. The summed E-state index contributed by atoms with van der Waals surface area (Å²) in [6.07, 6.45) is 6.53. The van der Waals surface area contributed by atoms with Crippen LogP contribution in [-0.2, 0) is 19.1 Å². The van der Waals surface area contributed by atoms with E-state index in [2.05, 4.69) is 14.1 Å². The highest BCUT2D eigenvalue weighted by Crippen LogP contribution is 2.10. The molecule has 2 saturated heterocycles. The van der Waals surface area contributed by atoms with Crippen molar-refractivity contribution in [1.82, 2.24) is 0 Å². The number of unbranched alkanes of at least 4 members (excludes halogenated alkanes) is 1. The lowest BCUT2D eigenvalue weighted by Gasteiger charge is -2.27. The number of carbonyl (C=O) groups is 2. The lowest BCUT2D eigenvalue weighted by atomic mass is 10.1. The Labute approximate surface area is 145 Å². The molecular formula is C18H34N2O4+2. The summed E-state index contributed by atoms with van der Waals surface area (Å²) in [5.74, 6) is -0.249. The molecule has 4 atom stereocenters. The van der Waals surface area contributed by atoms with Gasteiger partial charge >= 0.3 is 11.9 Å². The Kier molecular flexibility index (Phi) is 7.99. The molecule has 0 saturated carbocycles. The maximum atomic E-state index is 11.9. The molecule has 0 spiro atoms. The summed E-state index contributed by atoms with van der Waals surface area (Å²) >= 11 is 0. The minimum Gasteiger partial charge on any atom is -0.456 e. The topological polar surface area (TPSA) is 61.5 Å². The van der Waals surface area contributed by atoms with Crippen LogP contribution >= 0.6 is 0 Å². The zero-order valence-electron chi connectivity index (χ0n) is 15.3. The number of likely N-dealkylation sites (N-methyl/N-ethyl adjacent to an activating group) is 2. The molecule has 0 aromatic heterocycles. The largest absolute Gasteiger partial charge is 0.456 e. The van der Waals surface area contributed by atoms with E-state index < -0.39 is 0 Å². The molecule has 2 aliphatic rings. The van der Waals surface area contributed by atoms with Gasteiger partial charge in [-0.3, -0.25) is 9.59 Å². The van der Waals surface area contributed by atoms with Crippen LogP contribution in [0.3, 0.4) is 0 Å². The summed E-state index contributed by atoms with van der Waals surface area (Å²) in [6, 6.07) is 0. The number of hydrogen-bond donors (Lipinski definition) is 2. The number of carbonyl (C=O) groups excluding carboxylic acids is 2. The number of quaternary nitrogens is 2. The van der Waals surface area contributed by atoms with Gasteiger partial charge in [0.15, 0.2) is 12.2 Å². The molecule has 0 radical (unpaired) electrons. The van der Waals surface area contributed by atoms with Gasteiger partial charge in [0.05, 0.1) is 27.2 Å². The van der Waals surface area contributed by atoms with Gasteiger partial charge in [-0.25, -0.2) is 0 Å². The molecule has 2 fully saturated rings. The highest BCUT2D eigenvalue weighted by Gasteiger charge is 2.24. The number of rotatable bonds is 7. The Bertz CT molecular complexity index is 378. The van der Waals surface area contributed by atoms with E-state index in [4.69, 9.17) is 9.47 Å². The molecular weight excluding hydrogens is 308 g/mol. The van der Waals surface area contributed by atoms with E-state index in [1.807, 2.05) is 0 Å². The molecule has 6 heteroatoms. The maximum Gasteiger partial charge on any atom is 0.306 e. The van der Waals surface area contributed by atoms with Crippen molar-refractivity contribution in [2.24, 2.45) is 0 Å². The van der Waals surface area contributed by atoms with Crippen LogP contribution in [0.2, 0.25) is 0 Å². The average Bonchev–Trinajstić information content (AvgIpc) is 2.51. The molecule has 138 valence electrons. The Hall–Kier alpha value is -1.14. The van der Waals surface area contributed by atoms with Gasteiger partial charge in [0.2, 0.25) is 0 Å². The Morgan fingerprint density at radius 3 is 1.62 bits per heavy atom. The van der Waals surface area contributed by atoms with Crippen molar-refractivity contribution < 1.29 is 28.9 Å². The summed E-state index contributed by atoms with van der Waals surface area (Å²) in [6.45, 7) is 4.15. The van der Waals surface area contributed by atoms with E-state index in [0.717, 1.165) is 51.9 Å². The Balaban J connectivity index is 1.52. The third-order valence-corrected chi connectivity index (χ3v) is 5.02. The van der Waals surface area contributed by atoms with E-state index in [1.165, 1.54) is 9.80 Å². The third-order valence-electron chi connectivity index (χ3n) is 5.02. The zero-order valence-corrected chi connectivity index (χ0v) is 15.3. The van der Waals surface area contributed by atoms with Gasteiger partial charge < -0.3 is 19.3 Å². The van der Waals surface area contributed by atoms with Crippen LogP contribution in [0, 0.1) is 0 Å². The van der Waals surface area contributed by atoms with Crippen LogP contribution in [0.25, 0.3) is 0 Å². The first-order chi connectivity index (χ1) is 11.5. The average molecular weight is 342 g/mol. The van der Waals surface area contributed by atoms with Crippen molar-refractivity contribution in [1.29, 1.82) is 0 Å². The molecule has 24 heavy (non-hydrogen) atoms. The second-order valence-corrected chi connectivity index (χ2v) is 7.54. The predicted molar refractivity (Wildman–Crippen MR) is 89.9 cm³/mol. The van der Waals surface area contributed by atoms with E-state index in [1.54, 1.807) is 0 Å². The van der Waals surface area contributed by atoms with E-state index in [-0.39, 0.29) is 24.1 Å². The minimum absolute atomic E-state index is 0.0713. The van der Waals surface area contributed by atoms with E-state index in [9.17, 15) is 9.59 Å². The van der Waals surface area contributed by atoms with Crippen LogP contribution < -0.4 is 9.80 Å². The number of hydrogen-bond acceptors (Lipinski definition) is 4. The zero-order chi connectivity index (χ0) is 17.4. The monoisotopic (exact) mass is 342 g/mol. The fraction of sp³-hybridized carbons (Fsp3) is 0.889. The fourth-order valence-electron chi connectivity index (χ4n) is 3.68. The van der Waals surface area contributed by atoms with Crippen molar-refractivity contribution in [2.75, 3.05) is 40.3 Å². The summed E-state index contributed by atoms with van der Waals surface area (Å²) in [5.41, 5.74) is 0. The van der Waals surface area contributed by atoms with Crippen molar-refractivity contribution in [3.05, 3.63) is 0 Å². The SMILES string of the molecule is C[NH+]1CCC[C@@H](OC(=O)CCCCC(=O)O[C@H]2CCC[NH+](C)C2)C1. The second-order valence-electron chi connectivity index (χ2n) is 7.54. The molecule has 0 amide bonds. The van der Waals surface area contributed by atoms with Crippen LogP contribution in [0.15, 0.2) is 0 Å². The lowest BCUT2D eigenvalue weighted by molar-refractivity contribution is -0.888. The second kappa shape index (κ2) is 9.99. The summed E-state index contributed by atoms with van der Waals surface area (Å²) in [4.78, 5) is 26.6. The third kappa shape index (κ3) is 7.18. The fourth-order valence-corrected chi connectivity index (χ4v) is 3.68. The highest BCUT2D eigenvalue weighted by molar-refractivity contribution is 5.70. The smallest absolute Gasteiger partial charge is 0.306 e. The summed E-state index contributed by atoms with van der Waals surface area (Å²) in [7, 11) is 4.27. The minimum atomic E-state index is -0.124. The maximum absolute atomic E-state index is 11.9. The van der Waals surface area contributed by atoms with Crippen molar-refractivity contribution in [3.63, 3.8) is 0 Å². The number of likely N-dealkylation sites (tertiary alicyclic amines) is 2. The first-order valence-electron chi connectivity index (χ1n) is 9.54. The van der Waals surface area contributed by atoms with Crippen molar-refractivity contribution in [3.8, 4) is 0 Å². The molecule has 2 rings (SSSR count). The number of esters is 2. The molecule has 0 bridgehead atoms. The van der Waals surface area contributed by atoms with Gasteiger partial charge in [0.25, 0.3) is 0 Å². The molecule has 0 aromatic carbocycles. The van der Waals surface area contributed by atoms with Gasteiger partial charge in [0, 0.05) is 25.7 Å². The molecule has 6 nitrogen and oxygen atoms in total. The predicted octanol–water partition coefficient (Wildman–Crippen LogP) is -1.01. The highest BCUT2D eigenvalue weighted by atomic mass is 16.5. The van der Waals surface area contributed by atoms with Gasteiger partial charge in [-0.1, -0.05) is 0 Å². The Morgan fingerprint density at radius 2 is 1.25 bits per heavy atom. The molecule has 2 heterocycles. The lowest BCUT2D eigenvalue weighted by Crippen LogP contribution is -3.11. The normalized spacial score (nSPS) is 30.6. The first kappa shape index (κ1) is 19.2. The van der Waals surface area contributed by atoms with E-state index in [0.29, 0.717) is 25.7 Å². The van der Waals surface area contributed by atoms with Crippen LogP contribution in [-0.4, -0.2) is 64.4 Å². The quantitative estimate of drug-likeness (QED) is 0.460. The van der Waals surface area contributed by atoms with Crippen molar-refractivity contribution in [2.45, 2.75) is 63.6 Å². The Morgan fingerprint density at radius 1 is 0.833 bits per heavy atom. The van der Waals surface area contributed by atoms with Gasteiger partial charge in [-0.05, 0) is 25.7 Å². The summed E-state index contributed by atoms with van der Waals surface area (Å²) in [5, 5.41) is 0. The molecule has 0 aromatic rings. The first-order valence-corrected chi connectivity index (χ1v) is 9.54. The number of ether oxygens (including phenoxy) is 2. The summed E-state index contributed by atoms with van der Waals surface area (Å²) < 4.78 is 11.0. The van der Waals surface area contributed by atoms with Crippen LogP contribution in [0.4, 0.5) is 0 Å². The number of piperidine rings is 2. The van der Waals surface area contributed by atoms with Crippen LogP contribution in [0.1, 0.15) is 51.4 Å². The molecule has 0 aliphatic carbocycles. The molecule has 2 unspecified atom stereocenters. The van der Waals surface area contributed by atoms with E-state index >= 15 is 0 Å². The molecule has 2 N–H and O–H groups in total. The van der Waals surface area contributed by atoms with Crippen molar-refractivity contribution >= 4 is 11.9 Å². The van der Waals surface area contributed by atoms with Gasteiger partial charge in [0.1, 0.15) is 13.1 Å². The standard InChI is InChI=1S/C18H32N2O4/c1-19-11-5-7-15(13-19)23-17(21)9-3-4-10-18(22)24-16-8-6-12-20(2)14-16/h15-16H,3-14H2,1-2H3/p+2/t15-,16+. The van der Waals surface area contributed by atoms with Gasteiger partial charge in [-0.2, -0.15) is 0 Å². The number of nitrogens with one attached hydrogen (secondary N) is 2. The van der Waals surface area contributed by atoms with Crippen LogP contribution in [0.5, 0.6) is 0 Å². The van der Waals surface area contributed by atoms with Gasteiger partial charge in [-0.15, -0.1) is 0 Å².